The predicted octanol–water partition coefficient (Wildman–Crippen LogP) is 3.68. The lowest BCUT2D eigenvalue weighted by Gasteiger charge is -2.13. The number of nitrogens with one attached hydrogen (secondary N) is 3. The molecular weight excluding hydrogens is 410 g/mol. The van der Waals surface area contributed by atoms with Crippen LogP contribution in [0.3, 0.4) is 0 Å². The number of para-hydroxylation sites is 2. The van der Waals surface area contributed by atoms with Gasteiger partial charge in [0, 0.05) is 17.9 Å². The highest BCUT2D eigenvalue weighted by Crippen LogP contribution is 2.23. The van der Waals surface area contributed by atoms with Crippen molar-refractivity contribution in [3.63, 3.8) is 0 Å². The molecule has 2 amide bonds. The van der Waals surface area contributed by atoms with Crippen LogP contribution in [0.15, 0.2) is 71.3 Å². The number of hydrogen-bond acceptors (Lipinski definition) is 6. The summed E-state index contributed by atoms with van der Waals surface area (Å²) in [5.41, 5.74) is 1.84. The number of carbonyl (C=O) groups is 2. The molecule has 3 N–H and O–H groups in total. The number of amides is 2. The van der Waals surface area contributed by atoms with Gasteiger partial charge in [-0.15, -0.1) is 0 Å². The van der Waals surface area contributed by atoms with Crippen LogP contribution in [0.5, 0.6) is 5.75 Å². The van der Waals surface area contributed by atoms with E-state index in [9.17, 15) is 9.59 Å². The van der Waals surface area contributed by atoms with Crippen molar-refractivity contribution in [3.05, 3.63) is 78.3 Å². The molecule has 0 radical (unpaired) electrons. The first-order valence-electron chi connectivity index (χ1n) is 10.4. The van der Waals surface area contributed by atoms with Crippen LogP contribution in [-0.4, -0.2) is 38.2 Å². The number of ether oxygens (including phenoxy) is 2. The molecule has 0 unspecified atom stereocenters. The van der Waals surface area contributed by atoms with E-state index in [2.05, 4.69) is 16.0 Å². The summed E-state index contributed by atoms with van der Waals surface area (Å²) in [5, 5.41) is 8.67. The van der Waals surface area contributed by atoms with E-state index in [1.165, 1.54) is 0 Å². The van der Waals surface area contributed by atoms with Crippen LogP contribution < -0.4 is 20.7 Å². The number of anilines is 2. The van der Waals surface area contributed by atoms with Gasteiger partial charge in [-0.2, -0.15) is 0 Å². The second-order valence-electron chi connectivity index (χ2n) is 6.78. The average Bonchev–Trinajstić information content (AvgIpc) is 3.34. The smallest absolute Gasteiger partial charge is 0.251 e. The van der Waals surface area contributed by atoms with Gasteiger partial charge in [-0.05, 0) is 55.5 Å². The molecule has 8 nitrogen and oxygen atoms in total. The standard InChI is InChI=1S/C24H27N3O5/c1-2-30-14-15-32-22-8-4-3-7-21(22)27-23(28)17-25-19-11-9-18(10-12-19)24(29)26-16-20-6-5-13-31-20/h3-13,25H,2,14-17H2,1H3,(H,26,29)(H,27,28). The van der Waals surface area contributed by atoms with Gasteiger partial charge in [-0.25, -0.2) is 0 Å². The van der Waals surface area contributed by atoms with Crippen LogP contribution in [0, 0.1) is 0 Å². The molecule has 168 valence electrons. The topological polar surface area (TPSA) is 102 Å². The largest absolute Gasteiger partial charge is 0.489 e. The van der Waals surface area contributed by atoms with Crippen molar-refractivity contribution in [2.24, 2.45) is 0 Å². The molecule has 0 aliphatic carbocycles. The first kappa shape index (κ1) is 22.9. The number of furan rings is 1. The van der Waals surface area contributed by atoms with Crippen LogP contribution in [-0.2, 0) is 16.1 Å². The lowest BCUT2D eigenvalue weighted by molar-refractivity contribution is -0.114. The normalized spacial score (nSPS) is 10.4. The molecule has 0 fully saturated rings. The van der Waals surface area contributed by atoms with Crippen molar-refractivity contribution in [1.29, 1.82) is 0 Å². The molecule has 8 heteroatoms. The fourth-order valence-corrected chi connectivity index (χ4v) is 2.85. The molecule has 3 rings (SSSR count). The summed E-state index contributed by atoms with van der Waals surface area (Å²) in [6, 6.07) is 17.7. The minimum atomic E-state index is -0.217. The Morgan fingerprint density at radius 3 is 2.53 bits per heavy atom. The summed E-state index contributed by atoms with van der Waals surface area (Å²) in [5.74, 6) is 0.854. The number of benzene rings is 2. The third-order valence-corrected chi connectivity index (χ3v) is 4.45. The molecule has 0 bridgehead atoms. The van der Waals surface area contributed by atoms with E-state index in [-0.39, 0.29) is 18.4 Å². The Labute approximate surface area is 186 Å². The maximum absolute atomic E-state index is 12.4. The molecule has 0 atom stereocenters. The van der Waals surface area contributed by atoms with E-state index in [0.717, 1.165) is 5.69 Å². The van der Waals surface area contributed by atoms with Gasteiger partial charge >= 0.3 is 0 Å². The Hall–Kier alpha value is -3.78. The summed E-state index contributed by atoms with van der Waals surface area (Å²) < 4.78 is 16.1. The van der Waals surface area contributed by atoms with Gasteiger partial charge in [-0.3, -0.25) is 9.59 Å². The van der Waals surface area contributed by atoms with Gasteiger partial charge in [0.2, 0.25) is 5.91 Å². The minimum absolute atomic E-state index is 0.0668. The molecule has 1 aromatic heterocycles. The Kier molecular flexibility index (Phi) is 8.70. The molecule has 2 aromatic carbocycles. The maximum atomic E-state index is 12.4. The molecular formula is C24H27N3O5. The summed E-state index contributed by atoms with van der Waals surface area (Å²) >= 11 is 0. The zero-order valence-electron chi connectivity index (χ0n) is 17.9. The van der Waals surface area contributed by atoms with Gasteiger partial charge in [-0.1, -0.05) is 12.1 Å². The predicted molar refractivity (Wildman–Crippen MR) is 122 cm³/mol. The van der Waals surface area contributed by atoms with Crippen molar-refractivity contribution in [2.75, 3.05) is 37.0 Å². The second-order valence-corrected chi connectivity index (χ2v) is 6.78. The Balaban J connectivity index is 1.45. The Bertz CT molecular complexity index is 987. The number of hydrogen-bond donors (Lipinski definition) is 3. The molecule has 32 heavy (non-hydrogen) atoms. The van der Waals surface area contributed by atoms with Crippen LogP contribution in [0.2, 0.25) is 0 Å². The van der Waals surface area contributed by atoms with E-state index < -0.39 is 0 Å². The van der Waals surface area contributed by atoms with E-state index in [1.54, 1.807) is 54.8 Å². The summed E-state index contributed by atoms with van der Waals surface area (Å²) in [7, 11) is 0. The van der Waals surface area contributed by atoms with E-state index in [1.807, 2.05) is 19.1 Å². The molecule has 0 saturated heterocycles. The van der Waals surface area contributed by atoms with Crippen LogP contribution in [0.4, 0.5) is 11.4 Å². The van der Waals surface area contributed by atoms with Gasteiger partial charge in [0.15, 0.2) is 0 Å². The Morgan fingerprint density at radius 1 is 0.969 bits per heavy atom. The fraction of sp³-hybridized carbons (Fsp3) is 0.250. The van der Waals surface area contributed by atoms with E-state index in [4.69, 9.17) is 13.9 Å². The third kappa shape index (κ3) is 7.17. The quantitative estimate of drug-likeness (QED) is 0.374. The SMILES string of the molecule is CCOCCOc1ccccc1NC(=O)CNc1ccc(C(=O)NCc2ccco2)cc1. The third-order valence-electron chi connectivity index (χ3n) is 4.45. The van der Waals surface area contributed by atoms with Crippen LogP contribution in [0.25, 0.3) is 0 Å². The second kappa shape index (κ2) is 12.2. The summed E-state index contributed by atoms with van der Waals surface area (Å²) in [6.45, 7) is 3.83. The first-order valence-corrected chi connectivity index (χ1v) is 10.4. The van der Waals surface area contributed by atoms with Crippen LogP contribution >= 0.6 is 0 Å². The zero-order chi connectivity index (χ0) is 22.6. The van der Waals surface area contributed by atoms with Gasteiger partial charge in [0.1, 0.15) is 18.1 Å². The van der Waals surface area contributed by atoms with Gasteiger partial charge in [0.05, 0.1) is 31.6 Å². The molecule has 0 aliphatic heterocycles. The highest BCUT2D eigenvalue weighted by molar-refractivity contribution is 5.96. The lowest BCUT2D eigenvalue weighted by Crippen LogP contribution is -2.23. The molecule has 0 saturated carbocycles. The summed E-state index contributed by atoms with van der Waals surface area (Å²) in [4.78, 5) is 24.6. The summed E-state index contributed by atoms with van der Waals surface area (Å²) in [6.07, 6.45) is 1.56. The van der Waals surface area contributed by atoms with Crippen molar-refractivity contribution < 1.29 is 23.5 Å². The highest BCUT2D eigenvalue weighted by atomic mass is 16.5. The fourth-order valence-electron chi connectivity index (χ4n) is 2.85. The van der Waals surface area contributed by atoms with Crippen molar-refractivity contribution >= 4 is 23.2 Å². The number of rotatable bonds is 12. The minimum Gasteiger partial charge on any atom is -0.489 e. The monoisotopic (exact) mass is 437 g/mol. The molecule has 3 aromatic rings. The molecule has 1 heterocycles. The lowest BCUT2D eigenvalue weighted by atomic mass is 10.2. The van der Waals surface area contributed by atoms with Crippen molar-refractivity contribution in [2.45, 2.75) is 13.5 Å². The van der Waals surface area contributed by atoms with Gasteiger partial charge in [0.25, 0.3) is 5.91 Å². The average molecular weight is 437 g/mol. The molecule has 0 aliphatic rings. The van der Waals surface area contributed by atoms with Crippen molar-refractivity contribution in [3.8, 4) is 5.75 Å². The molecule has 0 spiro atoms. The van der Waals surface area contributed by atoms with E-state index >= 15 is 0 Å². The van der Waals surface area contributed by atoms with Gasteiger partial charge < -0.3 is 29.8 Å². The van der Waals surface area contributed by atoms with Crippen molar-refractivity contribution in [1.82, 2.24) is 5.32 Å². The number of carbonyl (C=O) groups excluding carboxylic acids is 2. The maximum Gasteiger partial charge on any atom is 0.251 e. The van der Waals surface area contributed by atoms with E-state index in [0.29, 0.717) is 49.1 Å². The zero-order valence-corrected chi connectivity index (χ0v) is 17.9. The first-order chi connectivity index (χ1) is 15.7. The highest BCUT2D eigenvalue weighted by Gasteiger charge is 2.09. The Morgan fingerprint density at radius 2 is 1.78 bits per heavy atom. The van der Waals surface area contributed by atoms with Crippen LogP contribution in [0.1, 0.15) is 23.0 Å².